The van der Waals surface area contributed by atoms with E-state index in [-0.39, 0.29) is 18.7 Å². The fourth-order valence-corrected chi connectivity index (χ4v) is 1.78. The van der Waals surface area contributed by atoms with Gasteiger partial charge in [0.15, 0.2) is 0 Å². The minimum absolute atomic E-state index is 0.204. The van der Waals surface area contributed by atoms with Gasteiger partial charge in [0.2, 0.25) is 0 Å². The first-order valence-corrected chi connectivity index (χ1v) is 5.31. The van der Waals surface area contributed by atoms with Crippen molar-refractivity contribution in [3.8, 4) is 0 Å². The third-order valence-corrected chi connectivity index (χ3v) is 2.63. The first-order valence-electron chi connectivity index (χ1n) is 5.31. The highest BCUT2D eigenvalue weighted by Gasteiger charge is 2.19. The Bertz CT molecular complexity index is 418. The van der Waals surface area contributed by atoms with Crippen molar-refractivity contribution < 1.29 is 9.84 Å². The Morgan fingerprint density at radius 3 is 3.12 bits per heavy atom. The Labute approximate surface area is 92.7 Å². The summed E-state index contributed by atoms with van der Waals surface area (Å²) in [6, 6.07) is 1.56. The highest BCUT2D eigenvalue weighted by molar-refractivity contribution is 5.23. The van der Waals surface area contributed by atoms with Crippen molar-refractivity contribution in [2.75, 3.05) is 12.3 Å². The van der Waals surface area contributed by atoms with Gasteiger partial charge in [0, 0.05) is 6.20 Å². The molecular formula is C10H15N3O3. The molecule has 0 saturated carbocycles. The van der Waals surface area contributed by atoms with Crippen LogP contribution in [0.5, 0.6) is 0 Å². The van der Waals surface area contributed by atoms with Crippen molar-refractivity contribution in [1.82, 2.24) is 9.55 Å². The lowest BCUT2D eigenvalue weighted by atomic mass is 10.2. The molecule has 0 radical (unpaired) electrons. The van der Waals surface area contributed by atoms with E-state index < -0.39 is 11.8 Å². The molecule has 6 heteroatoms. The number of aliphatic hydroxyl groups is 1. The largest absolute Gasteiger partial charge is 0.391 e. The molecular weight excluding hydrogens is 210 g/mol. The molecule has 1 fully saturated rings. The van der Waals surface area contributed by atoms with E-state index in [4.69, 9.17) is 10.5 Å². The molecule has 0 amide bonds. The minimum atomic E-state index is -0.442. The Balaban J connectivity index is 2.20. The summed E-state index contributed by atoms with van der Waals surface area (Å²) >= 11 is 0. The van der Waals surface area contributed by atoms with E-state index >= 15 is 0 Å². The normalized spacial score (nSPS) is 26.3. The van der Waals surface area contributed by atoms with Crippen LogP contribution in [0.25, 0.3) is 0 Å². The molecule has 1 unspecified atom stereocenters. The van der Waals surface area contributed by atoms with Gasteiger partial charge < -0.3 is 15.6 Å². The molecule has 0 aromatic carbocycles. The van der Waals surface area contributed by atoms with Gasteiger partial charge in [-0.3, -0.25) is 4.57 Å². The van der Waals surface area contributed by atoms with Crippen LogP contribution in [0.3, 0.4) is 0 Å². The smallest absolute Gasteiger partial charge is 0.351 e. The molecule has 1 aromatic rings. The molecule has 16 heavy (non-hydrogen) atoms. The summed E-state index contributed by atoms with van der Waals surface area (Å²) in [7, 11) is 0. The molecule has 0 spiro atoms. The Morgan fingerprint density at radius 1 is 1.56 bits per heavy atom. The Kier molecular flexibility index (Phi) is 3.21. The number of aliphatic hydroxyl groups excluding tert-OH is 1. The van der Waals surface area contributed by atoms with Crippen LogP contribution in [-0.4, -0.2) is 27.4 Å². The predicted octanol–water partition coefficient (Wildman–Crippen LogP) is -0.115. The summed E-state index contributed by atoms with van der Waals surface area (Å²) in [6.07, 6.45) is 3.01. The number of rotatable bonds is 1. The van der Waals surface area contributed by atoms with Gasteiger partial charge in [-0.1, -0.05) is 0 Å². The first-order chi connectivity index (χ1) is 7.66. The maximum Gasteiger partial charge on any atom is 0.351 e. The SMILES string of the molecule is Nc1ccn([C@H]2CCCC(O)CO2)c(=O)n1. The number of hydrogen-bond acceptors (Lipinski definition) is 5. The van der Waals surface area contributed by atoms with Crippen molar-refractivity contribution in [3.05, 3.63) is 22.7 Å². The minimum Gasteiger partial charge on any atom is -0.391 e. The number of aromatic nitrogens is 2. The first kappa shape index (κ1) is 11.1. The lowest BCUT2D eigenvalue weighted by Crippen LogP contribution is -2.29. The van der Waals surface area contributed by atoms with Crippen LogP contribution < -0.4 is 11.4 Å². The van der Waals surface area contributed by atoms with Gasteiger partial charge in [0.05, 0.1) is 12.7 Å². The second-order valence-electron chi connectivity index (χ2n) is 3.91. The van der Waals surface area contributed by atoms with E-state index in [1.165, 1.54) is 4.57 Å². The highest BCUT2D eigenvalue weighted by atomic mass is 16.5. The Hall–Kier alpha value is -1.40. The molecule has 2 heterocycles. The van der Waals surface area contributed by atoms with E-state index in [1.54, 1.807) is 12.3 Å². The quantitative estimate of drug-likeness (QED) is 0.695. The van der Waals surface area contributed by atoms with Crippen molar-refractivity contribution in [2.45, 2.75) is 31.6 Å². The van der Waals surface area contributed by atoms with Crippen molar-refractivity contribution >= 4 is 5.82 Å². The predicted molar refractivity (Wildman–Crippen MR) is 57.8 cm³/mol. The number of nitrogens with two attached hydrogens (primary N) is 1. The number of anilines is 1. The molecule has 1 aromatic heterocycles. The maximum atomic E-state index is 11.6. The molecule has 3 N–H and O–H groups in total. The van der Waals surface area contributed by atoms with Crippen LogP contribution in [0.1, 0.15) is 25.5 Å². The van der Waals surface area contributed by atoms with Crippen LogP contribution >= 0.6 is 0 Å². The molecule has 6 nitrogen and oxygen atoms in total. The zero-order chi connectivity index (χ0) is 11.5. The average Bonchev–Trinajstić information content (AvgIpc) is 2.43. The molecule has 0 bridgehead atoms. The zero-order valence-corrected chi connectivity index (χ0v) is 8.87. The summed E-state index contributed by atoms with van der Waals surface area (Å²) in [5.41, 5.74) is 4.99. The molecule has 88 valence electrons. The lowest BCUT2D eigenvalue weighted by molar-refractivity contribution is -0.0324. The monoisotopic (exact) mass is 225 g/mol. The standard InChI is InChI=1S/C10H15N3O3/c11-8-4-5-13(10(15)12-8)9-3-1-2-7(14)6-16-9/h4-5,7,9,14H,1-3,6H2,(H2,11,12,15)/t7?,9-/m1/s1. The number of hydrogen-bond donors (Lipinski definition) is 2. The average molecular weight is 225 g/mol. The van der Waals surface area contributed by atoms with E-state index in [2.05, 4.69) is 4.98 Å². The van der Waals surface area contributed by atoms with Gasteiger partial charge in [-0.05, 0) is 25.3 Å². The molecule has 2 rings (SSSR count). The maximum absolute atomic E-state index is 11.6. The fraction of sp³-hybridized carbons (Fsp3) is 0.600. The van der Waals surface area contributed by atoms with Crippen LogP contribution in [0, 0.1) is 0 Å². The van der Waals surface area contributed by atoms with E-state index in [9.17, 15) is 9.90 Å². The summed E-state index contributed by atoms with van der Waals surface area (Å²) in [4.78, 5) is 15.2. The van der Waals surface area contributed by atoms with Crippen LogP contribution in [0.15, 0.2) is 17.1 Å². The highest BCUT2D eigenvalue weighted by Crippen LogP contribution is 2.20. The van der Waals surface area contributed by atoms with Gasteiger partial charge in [0.25, 0.3) is 0 Å². The summed E-state index contributed by atoms with van der Waals surface area (Å²) < 4.78 is 6.87. The lowest BCUT2D eigenvalue weighted by Gasteiger charge is -2.17. The molecule has 1 aliphatic heterocycles. The van der Waals surface area contributed by atoms with Gasteiger partial charge in [0.1, 0.15) is 12.0 Å². The fourth-order valence-electron chi connectivity index (χ4n) is 1.78. The topological polar surface area (TPSA) is 90.4 Å². The summed E-state index contributed by atoms with van der Waals surface area (Å²) in [5.74, 6) is 0.204. The summed E-state index contributed by atoms with van der Waals surface area (Å²) in [5, 5.41) is 9.42. The van der Waals surface area contributed by atoms with Crippen LogP contribution in [0.2, 0.25) is 0 Å². The third kappa shape index (κ3) is 2.40. The van der Waals surface area contributed by atoms with E-state index in [0.717, 1.165) is 6.42 Å². The van der Waals surface area contributed by atoms with Crippen LogP contribution in [0.4, 0.5) is 5.82 Å². The van der Waals surface area contributed by atoms with Crippen LogP contribution in [-0.2, 0) is 4.74 Å². The van der Waals surface area contributed by atoms with Gasteiger partial charge in [-0.15, -0.1) is 0 Å². The van der Waals surface area contributed by atoms with Crippen molar-refractivity contribution in [1.29, 1.82) is 0 Å². The second kappa shape index (κ2) is 4.63. The van der Waals surface area contributed by atoms with Gasteiger partial charge in [-0.25, -0.2) is 4.79 Å². The van der Waals surface area contributed by atoms with Crippen molar-refractivity contribution in [3.63, 3.8) is 0 Å². The zero-order valence-electron chi connectivity index (χ0n) is 8.87. The van der Waals surface area contributed by atoms with Crippen molar-refractivity contribution in [2.24, 2.45) is 0 Å². The molecule has 1 saturated heterocycles. The third-order valence-electron chi connectivity index (χ3n) is 2.63. The van der Waals surface area contributed by atoms with E-state index in [0.29, 0.717) is 12.8 Å². The summed E-state index contributed by atoms with van der Waals surface area (Å²) in [6.45, 7) is 0.251. The number of nitrogens with zero attached hydrogens (tertiary/aromatic N) is 2. The molecule has 1 aliphatic rings. The second-order valence-corrected chi connectivity index (χ2v) is 3.91. The van der Waals surface area contributed by atoms with E-state index in [1.807, 2.05) is 0 Å². The van der Waals surface area contributed by atoms with Gasteiger partial charge >= 0.3 is 5.69 Å². The van der Waals surface area contributed by atoms with Gasteiger partial charge in [-0.2, -0.15) is 4.98 Å². The number of ether oxygens (including phenoxy) is 1. The number of nitrogen functional groups attached to an aromatic ring is 1. The molecule has 2 atom stereocenters. The Morgan fingerprint density at radius 2 is 2.38 bits per heavy atom. The molecule has 0 aliphatic carbocycles.